The van der Waals surface area contributed by atoms with Crippen molar-refractivity contribution < 1.29 is 45.6 Å². The predicted octanol–water partition coefficient (Wildman–Crippen LogP) is -3.02. The second-order valence-corrected chi connectivity index (χ2v) is 9.95. The Morgan fingerprint density at radius 1 is 1.15 bits per heavy atom. The maximum atomic E-state index is 11.5. The number of quaternary nitrogens is 1. The molecule has 1 fully saturated rings. The van der Waals surface area contributed by atoms with E-state index in [1.165, 1.54) is 0 Å². The molecule has 1 saturated heterocycles. The molecule has 0 spiro atoms. The molecule has 0 saturated carbocycles. The fourth-order valence-corrected chi connectivity index (χ4v) is 4.79. The van der Waals surface area contributed by atoms with E-state index < -0.39 is 26.6 Å². The molecule has 1 heterocycles. The molecule has 0 aromatic heterocycles. The van der Waals surface area contributed by atoms with Crippen LogP contribution >= 0.6 is 15.2 Å². The highest BCUT2D eigenvalue weighted by Crippen LogP contribution is 2.68. The third kappa shape index (κ3) is 4.03. The van der Waals surface area contributed by atoms with Crippen LogP contribution < -0.4 is 18.1 Å². The van der Waals surface area contributed by atoms with Gasteiger partial charge in [-0.25, -0.2) is 0 Å². The lowest BCUT2D eigenvalue weighted by Crippen LogP contribution is -3.00. The van der Waals surface area contributed by atoms with Crippen molar-refractivity contribution >= 4 is 15.2 Å². The van der Waals surface area contributed by atoms with Gasteiger partial charge < -0.3 is 42.2 Å². The van der Waals surface area contributed by atoms with E-state index in [9.17, 15) is 28.7 Å². The Bertz CT molecular complexity index is 412. The van der Waals surface area contributed by atoms with Crippen LogP contribution in [0.2, 0.25) is 0 Å². The number of nitrogens with two attached hydrogens (primary N) is 1. The SMILES string of the molecule is C[N+]1(C)CCCCC1CC(N)(P(=O)(O)O)P(=O)(O)O.[Cl-]. The highest BCUT2D eigenvalue weighted by Gasteiger charge is 2.60. The van der Waals surface area contributed by atoms with Gasteiger partial charge in [0.25, 0.3) is 0 Å². The van der Waals surface area contributed by atoms with E-state index in [2.05, 4.69) is 0 Å². The molecule has 1 aliphatic heterocycles. The third-order valence-electron chi connectivity index (χ3n) is 4.06. The van der Waals surface area contributed by atoms with Gasteiger partial charge in [-0.05, 0) is 19.3 Å². The van der Waals surface area contributed by atoms with Crippen molar-refractivity contribution in [2.24, 2.45) is 5.73 Å². The lowest BCUT2D eigenvalue weighted by Gasteiger charge is -2.45. The fourth-order valence-electron chi connectivity index (χ4n) is 2.53. The van der Waals surface area contributed by atoms with Crippen molar-refractivity contribution in [3.05, 3.63) is 0 Å². The molecule has 122 valence electrons. The first-order valence-corrected chi connectivity index (χ1v) is 9.26. The maximum Gasteiger partial charge on any atom is 0.357 e. The summed E-state index contributed by atoms with van der Waals surface area (Å²) in [5.41, 5.74) is 5.47. The highest BCUT2D eigenvalue weighted by molar-refractivity contribution is 7.72. The molecule has 1 aliphatic rings. The van der Waals surface area contributed by atoms with Crippen LogP contribution in [-0.4, -0.2) is 55.8 Å². The van der Waals surface area contributed by atoms with Crippen LogP contribution in [0.15, 0.2) is 0 Å². The zero-order valence-electron chi connectivity index (χ0n) is 11.5. The monoisotopic (exact) mass is 352 g/mol. The Labute approximate surface area is 124 Å². The van der Waals surface area contributed by atoms with Crippen LogP contribution in [0.25, 0.3) is 0 Å². The van der Waals surface area contributed by atoms with Crippen molar-refractivity contribution in [1.82, 2.24) is 0 Å². The summed E-state index contributed by atoms with van der Waals surface area (Å²) in [7, 11) is -6.50. The van der Waals surface area contributed by atoms with E-state index in [0.29, 0.717) is 10.9 Å². The van der Waals surface area contributed by atoms with E-state index >= 15 is 0 Å². The van der Waals surface area contributed by atoms with Gasteiger partial charge in [0.05, 0.1) is 26.7 Å². The third-order valence-corrected chi connectivity index (χ3v) is 8.00. The Balaban J connectivity index is 0.00000361. The Morgan fingerprint density at radius 2 is 1.60 bits per heavy atom. The lowest BCUT2D eigenvalue weighted by atomic mass is 9.97. The quantitative estimate of drug-likeness (QED) is 0.268. The van der Waals surface area contributed by atoms with Crippen LogP contribution in [-0.2, 0) is 9.13 Å². The maximum absolute atomic E-state index is 11.5. The van der Waals surface area contributed by atoms with Gasteiger partial charge in [-0.1, -0.05) is 0 Å². The van der Waals surface area contributed by atoms with Gasteiger partial charge in [-0.3, -0.25) is 9.13 Å². The summed E-state index contributed by atoms with van der Waals surface area (Å²) in [6, 6.07) is -0.279. The summed E-state index contributed by atoms with van der Waals surface area (Å²) in [6.07, 6.45) is 2.10. The standard InChI is InChI=1S/C9H22N2O6P2.ClH/c1-11(2)6-4-3-5-8(11)7-9(10,18(12,13)14)19(15,16)17;/h8H,3-7,10H2,1-2H3,(H3-,12,13,14,15,16,17);1H. The van der Waals surface area contributed by atoms with Crippen molar-refractivity contribution in [1.29, 1.82) is 0 Å². The highest BCUT2D eigenvalue weighted by atomic mass is 35.5. The van der Waals surface area contributed by atoms with E-state index in [-0.39, 0.29) is 18.4 Å². The molecule has 0 bridgehead atoms. The zero-order valence-corrected chi connectivity index (χ0v) is 14.1. The Hall–Kier alpha value is 0.510. The van der Waals surface area contributed by atoms with Gasteiger partial charge in [0.15, 0.2) is 0 Å². The van der Waals surface area contributed by atoms with Crippen LogP contribution in [0, 0.1) is 0 Å². The first kappa shape index (κ1) is 20.5. The summed E-state index contributed by atoms with van der Waals surface area (Å²) in [5.74, 6) is 0. The van der Waals surface area contributed by atoms with Gasteiger partial charge in [-0.15, -0.1) is 0 Å². The minimum atomic E-state index is -5.13. The molecular formula is C9H23ClN2O6P2. The van der Waals surface area contributed by atoms with E-state index in [4.69, 9.17) is 5.73 Å². The first-order valence-electron chi connectivity index (χ1n) is 6.04. The number of piperidine rings is 1. The van der Waals surface area contributed by atoms with Gasteiger partial charge >= 0.3 is 15.2 Å². The first-order chi connectivity index (χ1) is 8.31. The number of rotatable bonds is 4. The minimum Gasteiger partial charge on any atom is -1.00 e. The summed E-state index contributed by atoms with van der Waals surface area (Å²) in [6.45, 7) is 0.795. The molecule has 1 unspecified atom stereocenters. The molecule has 6 N–H and O–H groups in total. The Kier molecular flexibility index (Phi) is 6.49. The summed E-state index contributed by atoms with van der Waals surface area (Å²) in [4.78, 5) is 37.0. The summed E-state index contributed by atoms with van der Waals surface area (Å²) < 4.78 is 23.4. The lowest BCUT2D eigenvalue weighted by molar-refractivity contribution is -0.920. The Morgan fingerprint density at radius 3 is 1.95 bits per heavy atom. The van der Waals surface area contributed by atoms with Crippen molar-refractivity contribution in [3.8, 4) is 0 Å². The summed E-state index contributed by atoms with van der Waals surface area (Å²) in [5, 5.41) is -2.79. The normalized spacial score (nSPS) is 24.1. The molecular weight excluding hydrogens is 330 g/mol. The average Bonchev–Trinajstić information content (AvgIpc) is 2.17. The minimum absolute atomic E-state index is 0. The van der Waals surface area contributed by atoms with Crippen molar-refractivity contribution in [3.63, 3.8) is 0 Å². The smallest absolute Gasteiger partial charge is 0.357 e. The van der Waals surface area contributed by atoms with Crippen molar-refractivity contribution in [2.75, 3.05) is 20.6 Å². The van der Waals surface area contributed by atoms with Gasteiger partial charge in [0.1, 0.15) is 0 Å². The number of nitrogens with zero attached hydrogens (tertiary/aromatic N) is 1. The van der Waals surface area contributed by atoms with Gasteiger partial charge in [0, 0.05) is 6.42 Å². The van der Waals surface area contributed by atoms with E-state index in [0.717, 1.165) is 19.4 Å². The van der Waals surface area contributed by atoms with Crippen molar-refractivity contribution in [2.45, 2.75) is 36.7 Å². The fraction of sp³-hybridized carbons (Fsp3) is 1.00. The summed E-state index contributed by atoms with van der Waals surface area (Å²) >= 11 is 0. The molecule has 1 atom stereocenters. The van der Waals surface area contributed by atoms with E-state index in [1.807, 2.05) is 14.1 Å². The largest absolute Gasteiger partial charge is 1.00 e. The topological polar surface area (TPSA) is 141 Å². The molecule has 11 heteroatoms. The van der Waals surface area contributed by atoms with E-state index in [1.54, 1.807) is 0 Å². The molecule has 0 aliphatic carbocycles. The number of likely N-dealkylation sites (tertiary alicyclic amines) is 1. The molecule has 8 nitrogen and oxygen atoms in total. The van der Waals surface area contributed by atoms with Gasteiger partial charge in [-0.2, -0.15) is 0 Å². The van der Waals surface area contributed by atoms with Gasteiger partial charge in [0.2, 0.25) is 5.02 Å². The average molecular weight is 353 g/mol. The zero-order chi connectivity index (χ0) is 15.1. The number of hydrogen-bond acceptors (Lipinski definition) is 3. The van der Waals surface area contributed by atoms with Crippen LogP contribution in [0.1, 0.15) is 25.7 Å². The molecule has 1 rings (SSSR count). The number of halogens is 1. The number of hydrogen-bond donors (Lipinski definition) is 5. The molecule has 0 aromatic carbocycles. The van der Waals surface area contributed by atoms with Crippen LogP contribution in [0.5, 0.6) is 0 Å². The van der Waals surface area contributed by atoms with Crippen LogP contribution in [0.4, 0.5) is 0 Å². The molecule has 0 aromatic rings. The second kappa shape index (κ2) is 6.32. The molecule has 20 heavy (non-hydrogen) atoms. The van der Waals surface area contributed by atoms with Crippen LogP contribution in [0.3, 0.4) is 0 Å². The molecule has 0 amide bonds. The molecule has 0 radical (unpaired) electrons. The predicted molar refractivity (Wildman–Crippen MR) is 70.2 cm³/mol. The second-order valence-electron chi connectivity index (χ2n) is 5.82.